The van der Waals surface area contributed by atoms with Crippen molar-refractivity contribution in [3.63, 3.8) is 0 Å². The maximum absolute atomic E-state index is 3.68. The fourth-order valence-corrected chi connectivity index (χ4v) is 3.49. The van der Waals surface area contributed by atoms with Gasteiger partial charge in [-0.05, 0) is 51.5 Å². The zero-order chi connectivity index (χ0) is 14.2. The van der Waals surface area contributed by atoms with E-state index in [-0.39, 0.29) is 0 Å². The van der Waals surface area contributed by atoms with E-state index in [1.165, 1.54) is 83.8 Å². The highest BCUT2D eigenvalue weighted by Crippen LogP contribution is 2.31. The standard InChI is InChI=1S/C18H36N2/c1-3-4-5-6-7-9-16(2)20(14-17-11-12-17)15-18-10-8-13-19-18/h16-19H,3-15H2,1-2H3. The lowest BCUT2D eigenvalue weighted by Gasteiger charge is -2.31. The van der Waals surface area contributed by atoms with E-state index in [1.807, 2.05) is 0 Å². The average molecular weight is 280 g/mol. The van der Waals surface area contributed by atoms with Crippen LogP contribution in [0.2, 0.25) is 0 Å². The summed E-state index contributed by atoms with van der Waals surface area (Å²) >= 11 is 0. The van der Waals surface area contributed by atoms with Crippen molar-refractivity contribution >= 4 is 0 Å². The first-order valence-corrected chi connectivity index (χ1v) is 9.27. The van der Waals surface area contributed by atoms with E-state index in [0.717, 1.165) is 18.0 Å². The molecule has 2 unspecified atom stereocenters. The maximum Gasteiger partial charge on any atom is 0.0195 e. The molecule has 20 heavy (non-hydrogen) atoms. The van der Waals surface area contributed by atoms with Gasteiger partial charge >= 0.3 is 0 Å². The summed E-state index contributed by atoms with van der Waals surface area (Å²) in [7, 11) is 0. The van der Waals surface area contributed by atoms with Crippen LogP contribution in [0.25, 0.3) is 0 Å². The molecule has 0 amide bonds. The minimum absolute atomic E-state index is 0.774. The van der Waals surface area contributed by atoms with Gasteiger partial charge in [-0.3, -0.25) is 4.90 Å². The van der Waals surface area contributed by atoms with Crippen LogP contribution in [0, 0.1) is 5.92 Å². The molecule has 2 nitrogen and oxygen atoms in total. The van der Waals surface area contributed by atoms with Crippen molar-refractivity contribution in [2.75, 3.05) is 19.6 Å². The van der Waals surface area contributed by atoms with Gasteiger partial charge in [-0.2, -0.15) is 0 Å². The Morgan fingerprint density at radius 3 is 2.50 bits per heavy atom. The second kappa shape index (κ2) is 9.04. The van der Waals surface area contributed by atoms with Gasteiger partial charge in [-0.25, -0.2) is 0 Å². The SMILES string of the molecule is CCCCCCCC(C)N(CC1CC1)CC1CCCN1. The van der Waals surface area contributed by atoms with Crippen LogP contribution in [0.1, 0.15) is 78.1 Å². The van der Waals surface area contributed by atoms with E-state index < -0.39 is 0 Å². The molecule has 1 aliphatic heterocycles. The predicted molar refractivity (Wildman–Crippen MR) is 88.2 cm³/mol. The van der Waals surface area contributed by atoms with E-state index in [4.69, 9.17) is 0 Å². The molecule has 2 atom stereocenters. The Morgan fingerprint density at radius 1 is 1.05 bits per heavy atom. The van der Waals surface area contributed by atoms with Crippen molar-refractivity contribution < 1.29 is 0 Å². The molecule has 0 radical (unpaired) electrons. The Labute approximate surface area is 126 Å². The summed E-state index contributed by atoms with van der Waals surface area (Å²) in [6.07, 6.45) is 14.2. The third kappa shape index (κ3) is 6.13. The molecule has 1 heterocycles. The Morgan fingerprint density at radius 2 is 1.85 bits per heavy atom. The lowest BCUT2D eigenvalue weighted by atomic mass is 10.0. The smallest absolute Gasteiger partial charge is 0.0195 e. The molecule has 2 fully saturated rings. The Balaban J connectivity index is 1.66. The Hall–Kier alpha value is -0.0800. The van der Waals surface area contributed by atoms with Crippen LogP contribution in [-0.4, -0.2) is 36.6 Å². The monoisotopic (exact) mass is 280 g/mol. The van der Waals surface area contributed by atoms with Gasteiger partial charge in [0, 0.05) is 25.2 Å². The van der Waals surface area contributed by atoms with Crippen molar-refractivity contribution in [2.45, 2.75) is 90.1 Å². The van der Waals surface area contributed by atoms with Crippen molar-refractivity contribution in [1.82, 2.24) is 10.2 Å². The molecule has 2 aliphatic rings. The van der Waals surface area contributed by atoms with Crippen LogP contribution in [-0.2, 0) is 0 Å². The molecule has 0 aromatic heterocycles. The first kappa shape index (κ1) is 16.3. The van der Waals surface area contributed by atoms with Gasteiger partial charge in [-0.1, -0.05) is 39.0 Å². The number of hydrogen-bond donors (Lipinski definition) is 1. The molecular weight excluding hydrogens is 244 g/mol. The van der Waals surface area contributed by atoms with E-state index in [9.17, 15) is 0 Å². The number of rotatable bonds is 11. The zero-order valence-corrected chi connectivity index (χ0v) is 13.9. The molecule has 1 saturated heterocycles. The summed E-state index contributed by atoms with van der Waals surface area (Å²) < 4.78 is 0. The number of hydrogen-bond acceptors (Lipinski definition) is 2. The third-order valence-electron chi connectivity index (χ3n) is 5.16. The van der Waals surface area contributed by atoms with Crippen LogP contribution in [0.4, 0.5) is 0 Å². The van der Waals surface area contributed by atoms with Gasteiger partial charge in [0.25, 0.3) is 0 Å². The fraction of sp³-hybridized carbons (Fsp3) is 1.00. The van der Waals surface area contributed by atoms with Crippen LogP contribution in [0.15, 0.2) is 0 Å². The molecule has 1 N–H and O–H groups in total. The summed E-state index contributed by atoms with van der Waals surface area (Å²) in [6.45, 7) is 8.68. The summed E-state index contributed by atoms with van der Waals surface area (Å²) in [6, 6.07) is 1.57. The van der Waals surface area contributed by atoms with Gasteiger partial charge < -0.3 is 5.32 Å². The lowest BCUT2D eigenvalue weighted by Crippen LogP contribution is -2.43. The van der Waals surface area contributed by atoms with Crippen molar-refractivity contribution in [1.29, 1.82) is 0 Å². The van der Waals surface area contributed by atoms with Crippen LogP contribution < -0.4 is 5.32 Å². The highest BCUT2D eigenvalue weighted by Gasteiger charge is 2.28. The maximum atomic E-state index is 3.68. The summed E-state index contributed by atoms with van der Waals surface area (Å²) in [5.74, 6) is 1.03. The molecule has 2 rings (SSSR count). The van der Waals surface area contributed by atoms with Gasteiger partial charge in [-0.15, -0.1) is 0 Å². The van der Waals surface area contributed by atoms with Crippen LogP contribution in [0.5, 0.6) is 0 Å². The predicted octanol–water partition coefficient (Wildman–Crippen LogP) is 4.20. The van der Waals surface area contributed by atoms with Crippen molar-refractivity contribution in [2.24, 2.45) is 5.92 Å². The second-order valence-electron chi connectivity index (χ2n) is 7.24. The van der Waals surface area contributed by atoms with E-state index in [0.29, 0.717) is 0 Å². The average Bonchev–Trinajstić information content (AvgIpc) is 3.11. The minimum Gasteiger partial charge on any atom is -0.313 e. The number of nitrogens with zero attached hydrogens (tertiary/aromatic N) is 1. The first-order valence-electron chi connectivity index (χ1n) is 9.27. The fourth-order valence-electron chi connectivity index (χ4n) is 3.49. The molecule has 0 aromatic rings. The number of nitrogens with one attached hydrogen (secondary N) is 1. The summed E-state index contributed by atoms with van der Waals surface area (Å²) in [5.41, 5.74) is 0. The summed E-state index contributed by atoms with van der Waals surface area (Å²) in [4.78, 5) is 2.81. The van der Waals surface area contributed by atoms with Gasteiger partial charge in [0.15, 0.2) is 0 Å². The second-order valence-corrected chi connectivity index (χ2v) is 7.24. The van der Waals surface area contributed by atoms with Crippen molar-refractivity contribution in [3.05, 3.63) is 0 Å². The van der Waals surface area contributed by atoms with E-state index in [2.05, 4.69) is 24.1 Å². The van der Waals surface area contributed by atoms with Crippen LogP contribution >= 0.6 is 0 Å². The molecular formula is C18H36N2. The van der Waals surface area contributed by atoms with Crippen LogP contribution in [0.3, 0.4) is 0 Å². The third-order valence-corrected chi connectivity index (χ3v) is 5.16. The Bertz CT molecular complexity index is 244. The lowest BCUT2D eigenvalue weighted by molar-refractivity contribution is 0.172. The molecule has 1 saturated carbocycles. The Kier molecular flexibility index (Phi) is 7.37. The van der Waals surface area contributed by atoms with Crippen molar-refractivity contribution in [3.8, 4) is 0 Å². The van der Waals surface area contributed by atoms with E-state index >= 15 is 0 Å². The molecule has 0 spiro atoms. The number of unbranched alkanes of at least 4 members (excludes halogenated alkanes) is 4. The molecule has 1 aliphatic carbocycles. The largest absolute Gasteiger partial charge is 0.313 e. The highest BCUT2D eigenvalue weighted by molar-refractivity contribution is 4.84. The molecule has 2 heteroatoms. The van der Waals surface area contributed by atoms with Gasteiger partial charge in [0.05, 0.1) is 0 Å². The van der Waals surface area contributed by atoms with E-state index in [1.54, 1.807) is 0 Å². The first-order chi connectivity index (χ1) is 9.79. The zero-order valence-electron chi connectivity index (χ0n) is 13.9. The quantitative estimate of drug-likeness (QED) is 0.571. The van der Waals surface area contributed by atoms with Gasteiger partial charge in [0.2, 0.25) is 0 Å². The topological polar surface area (TPSA) is 15.3 Å². The molecule has 118 valence electrons. The summed E-state index contributed by atoms with van der Waals surface area (Å²) in [5, 5.41) is 3.68. The molecule has 0 aromatic carbocycles. The van der Waals surface area contributed by atoms with Gasteiger partial charge in [0.1, 0.15) is 0 Å². The minimum atomic E-state index is 0.774. The molecule has 0 bridgehead atoms. The normalized spacial score (nSPS) is 24.4. The highest BCUT2D eigenvalue weighted by atomic mass is 15.2.